The van der Waals surface area contributed by atoms with Gasteiger partial charge in [0.1, 0.15) is 0 Å². The summed E-state index contributed by atoms with van der Waals surface area (Å²) in [6, 6.07) is 6.08. The number of nitrogens with zero attached hydrogens (tertiary/aromatic N) is 2. The maximum absolute atomic E-state index is 10.7. The molecule has 2 N–H and O–H groups in total. The highest BCUT2D eigenvalue weighted by Gasteiger charge is 2.09. The van der Waals surface area contributed by atoms with Gasteiger partial charge in [0.15, 0.2) is 0 Å². The first-order chi connectivity index (χ1) is 8.58. The highest BCUT2D eigenvalue weighted by atomic mass is 16.4. The fraction of sp³-hybridized carbons (Fsp3) is 0.385. The lowest BCUT2D eigenvalue weighted by atomic mass is 10.1. The molecule has 5 nitrogen and oxygen atoms in total. The van der Waals surface area contributed by atoms with Crippen LogP contribution in [0, 0.1) is 5.92 Å². The Morgan fingerprint density at radius 3 is 3.06 bits per heavy atom. The van der Waals surface area contributed by atoms with Gasteiger partial charge in [-0.3, -0.25) is 4.79 Å². The third kappa shape index (κ3) is 2.68. The molecule has 0 aliphatic rings. The zero-order chi connectivity index (χ0) is 13.1. The lowest BCUT2D eigenvalue weighted by Gasteiger charge is -2.08. The molecule has 0 bridgehead atoms. The second-order valence-electron chi connectivity index (χ2n) is 4.55. The predicted molar refractivity (Wildman–Crippen MR) is 69.2 cm³/mol. The summed E-state index contributed by atoms with van der Waals surface area (Å²) < 4.78 is 1.97. The van der Waals surface area contributed by atoms with E-state index in [1.165, 1.54) is 0 Å². The van der Waals surface area contributed by atoms with Crippen LogP contribution in [0.2, 0.25) is 0 Å². The molecule has 1 heterocycles. The first-order valence-electron chi connectivity index (χ1n) is 5.91. The van der Waals surface area contributed by atoms with E-state index in [-0.39, 0.29) is 5.92 Å². The van der Waals surface area contributed by atoms with Gasteiger partial charge in [0.05, 0.1) is 23.3 Å². The van der Waals surface area contributed by atoms with Gasteiger partial charge in [-0.15, -0.1) is 0 Å². The van der Waals surface area contributed by atoms with Gasteiger partial charge in [0.2, 0.25) is 0 Å². The molecule has 2 rings (SSSR count). The van der Waals surface area contributed by atoms with Crippen molar-refractivity contribution in [1.82, 2.24) is 14.9 Å². The van der Waals surface area contributed by atoms with Crippen LogP contribution < -0.4 is 5.32 Å². The van der Waals surface area contributed by atoms with Crippen molar-refractivity contribution < 1.29 is 9.90 Å². The summed E-state index contributed by atoms with van der Waals surface area (Å²) in [5.41, 5.74) is 3.17. The van der Waals surface area contributed by atoms with E-state index in [1.807, 2.05) is 29.8 Å². The smallest absolute Gasteiger partial charge is 0.307 e. The Morgan fingerprint density at radius 2 is 2.33 bits per heavy atom. The molecule has 96 valence electrons. The molecule has 0 saturated carbocycles. The number of carbonyl (C=O) groups is 1. The van der Waals surface area contributed by atoms with Gasteiger partial charge in [-0.1, -0.05) is 13.0 Å². The lowest BCUT2D eigenvalue weighted by Crippen LogP contribution is -2.25. The number of aromatic nitrogens is 2. The third-order valence-corrected chi connectivity index (χ3v) is 2.99. The zero-order valence-electron chi connectivity index (χ0n) is 10.6. The number of aryl methyl sites for hydroxylation is 1. The number of fused-ring (bicyclic) bond motifs is 1. The monoisotopic (exact) mass is 247 g/mol. The van der Waals surface area contributed by atoms with Crippen molar-refractivity contribution >= 4 is 17.0 Å². The molecule has 0 spiro atoms. The molecule has 1 unspecified atom stereocenters. The van der Waals surface area contributed by atoms with Crippen LogP contribution in [0.5, 0.6) is 0 Å². The summed E-state index contributed by atoms with van der Waals surface area (Å²) in [7, 11) is 1.96. The number of hydrogen-bond donors (Lipinski definition) is 2. The number of rotatable bonds is 5. The Kier molecular flexibility index (Phi) is 3.62. The largest absolute Gasteiger partial charge is 0.481 e. The van der Waals surface area contributed by atoms with E-state index in [0.717, 1.165) is 16.6 Å². The summed E-state index contributed by atoms with van der Waals surface area (Å²) in [4.78, 5) is 15.0. The van der Waals surface area contributed by atoms with E-state index in [0.29, 0.717) is 13.1 Å². The average molecular weight is 247 g/mol. The molecule has 0 amide bonds. The van der Waals surface area contributed by atoms with E-state index >= 15 is 0 Å². The molecular weight excluding hydrogens is 230 g/mol. The molecule has 1 aromatic carbocycles. The van der Waals surface area contributed by atoms with Crippen LogP contribution in [-0.2, 0) is 18.4 Å². The zero-order valence-corrected chi connectivity index (χ0v) is 10.6. The molecule has 0 aliphatic heterocycles. The van der Waals surface area contributed by atoms with Crippen LogP contribution in [-0.4, -0.2) is 27.2 Å². The molecule has 5 heteroatoms. The van der Waals surface area contributed by atoms with Gasteiger partial charge >= 0.3 is 5.97 Å². The number of nitrogens with one attached hydrogen (secondary N) is 1. The summed E-state index contributed by atoms with van der Waals surface area (Å²) in [5.74, 6) is -1.15. The fourth-order valence-corrected chi connectivity index (χ4v) is 1.81. The molecule has 18 heavy (non-hydrogen) atoms. The van der Waals surface area contributed by atoms with E-state index in [1.54, 1.807) is 13.3 Å². The highest BCUT2D eigenvalue weighted by molar-refractivity contribution is 5.75. The minimum Gasteiger partial charge on any atom is -0.481 e. The Labute approximate surface area is 105 Å². The number of aliphatic carboxylic acids is 1. The van der Waals surface area contributed by atoms with Crippen LogP contribution in [0.15, 0.2) is 24.5 Å². The molecule has 0 fully saturated rings. The SMILES string of the molecule is CC(CNCc1ccc2c(c1)ncn2C)C(=O)O. The molecule has 2 aromatic rings. The van der Waals surface area contributed by atoms with Crippen molar-refractivity contribution in [2.45, 2.75) is 13.5 Å². The van der Waals surface area contributed by atoms with E-state index in [9.17, 15) is 4.79 Å². The van der Waals surface area contributed by atoms with Crippen molar-refractivity contribution in [2.75, 3.05) is 6.54 Å². The Hall–Kier alpha value is -1.88. The van der Waals surface area contributed by atoms with Crippen molar-refractivity contribution in [3.05, 3.63) is 30.1 Å². The van der Waals surface area contributed by atoms with Gasteiger partial charge in [-0.2, -0.15) is 0 Å². The summed E-state index contributed by atoms with van der Waals surface area (Å²) in [6.45, 7) is 2.82. The molecular formula is C13H17N3O2. The summed E-state index contributed by atoms with van der Waals surface area (Å²) >= 11 is 0. The van der Waals surface area contributed by atoms with Gasteiger partial charge < -0.3 is 15.0 Å². The number of hydrogen-bond acceptors (Lipinski definition) is 3. The van der Waals surface area contributed by atoms with Gasteiger partial charge in [-0.25, -0.2) is 4.98 Å². The molecule has 0 radical (unpaired) electrons. The molecule has 0 aliphatic carbocycles. The van der Waals surface area contributed by atoms with E-state index in [4.69, 9.17) is 5.11 Å². The second-order valence-corrected chi connectivity index (χ2v) is 4.55. The summed E-state index contributed by atoms with van der Waals surface area (Å²) in [5, 5.41) is 11.9. The Morgan fingerprint density at radius 1 is 1.56 bits per heavy atom. The third-order valence-electron chi connectivity index (χ3n) is 2.99. The quantitative estimate of drug-likeness (QED) is 0.837. The predicted octanol–water partition coefficient (Wildman–Crippen LogP) is 1.38. The van der Waals surface area contributed by atoms with Crippen molar-refractivity contribution in [2.24, 2.45) is 13.0 Å². The minimum absolute atomic E-state index is 0.372. The minimum atomic E-state index is -0.775. The van der Waals surface area contributed by atoms with Gasteiger partial charge in [-0.05, 0) is 17.7 Å². The highest BCUT2D eigenvalue weighted by Crippen LogP contribution is 2.13. The maximum atomic E-state index is 10.7. The first kappa shape index (κ1) is 12.6. The fourth-order valence-electron chi connectivity index (χ4n) is 1.81. The van der Waals surface area contributed by atoms with Crippen LogP contribution in [0.1, 0.15) is 12.5 Å². The first-order valence-corrected chi connectivity index (χ1v) is 5.91. The topological polar surface area (TPSA) is 67.2 Å². The summed E-state index contributed by atoms with van der Waals surface area (Å²) in [6.07, 6.45) is 1.79. The number of carboxylic acids is 1. The second kappa shape index (κ2) is 5.18. The number of benzene rings is 1. The van der Waals surface area contributed by atoms with Gasteiger partial charge in [0.25, 0.3) is 0 Å². The van der Waals surface area contributed by atoms with E-state index in [2.05, 4.69) is 10.3 Å². The Bertz CT molecular complexity index is 562. The van der Waals surface area contributed by atoms with Gasteiger partial charge in [0, 0.05) is 20.1 Å². The number of imidazole rings is 1. The molecule has 1 atom stereocenters. The normalized spacial score (nSPS) is 12.8. The van der Waals surface area contributed by atoms with Crippen molar-refractivity contribution in [3.8, 4) is 0 Å². The van der Waals surface area contributed by atoms with Crippen LogP contribution >= 0.6 is 0 Å². The lowest BCUT2D eigenvalue weighted by molar-refractivity contribution is -0.140. The molecule has 0 saturated heterocycles. The Balaban J connectivity index is 1.98. The maximum Gasteiger partial charge on any atom is 0.307 e. The number of carboxylic acid groups (broad SMARTS) is 1. The molecule has 1 aromatic heterocycles. The van der Waals surface area contributed by atoms with E-state index < -0.39 is 5.97 Å². The van der Waals surface area contributed by atoms with Crippen molar-refractivity contribution in [1.29, 1.82) is 0 Å². The standard InChI is InChI=1S/C13H17N3O2/c1-9(13(17)18)6-14-7-10-3-4-12-11(5-10)15-8-16(12)2/h3-5,8-9,14H,6-7H2,1-2H3,(H,17,18). The van der Waals surface area contributed by atoms with Crippen molar-refractivity contribution in [3.63, 3.8) is 0 Å². The van der Waals surface area contributed by atoms with Crippen LogP contribution in [0.4, 0.5) is 0 Å². The average Bonchev–Trinajstić information content (AvgIpc) is 2.70. The van der Waals surface area contributed by atoms with Crippen LogP contribution in [0.3, 0.4) is 0 Å². The van der Waals surface area contributed by atoms with Crippen LogP contribution in [0.25, 0.3) is 11.0 Å².